The second-order valence-corrected chi connectivity index (χ2v) is 5.52. The smallest absolute Gasteiger partial charge is 0.238 e. The maximum Gasteiger partial charge on any atom is 0.238 e. The van der Waals surface area contributed by atoms with Gasteiger partial charge in [0.2, 0.25) is 5.91 Å². The molecule has 2 rings (SSSR count). The van der Waals surface area contributed by atoms with Gasteiger partial charge in [0.05, 0.1) is 6.54 Å². The fourth-order valence-corrected chi connectivity index (χ4v) is 2.39. The van der Waals surface area contributed by atoms with Crippen molar-refractivity contribution in [2.75, 3.05) is 11.9 Å². The Morgan fingerprint density at radius 3 is 2.33 bits per heavy atom. The molecular formula is C18H22N2O. The van der Waals surface area contributed by atoms with Crippen LogP contribution in [0.25, 0.3) is 0 Å². The molecule has 0 radical (unpaired) electrons. The van der Waals surface area contributed by atoms with E-state index in [0.29, 0.717) is 13.1 Å². The van der Waals surface area contributed by atoms with Crippen LogP contribution in [0.5, 0.6) is 0 Å². The summed E-state index contributed by atoms with van der Waals surface area (Å²) in [5.74, 6) is -0.0207. The van der Waals surface area contributed by atoms with Gasteiger partial charge in [0.15, 0.2) is 0 Å². The van der Waals surface area contributed by atoms with E-state index in [4.69, 9.17) is 0 Å². The number of amides is 1. The third-order valence-electron chi connectivity index (χ3n) is 3.20. The number of anilines is 1. The number of hydrogen-bond donors (Lipinski definition) is 2. The Morgan fingerprint density at radius 1 is 0.952 bits per heavy atom. The van der Waals surface area contributed by atoms with Crippen LogP contribution >= 0.6 is 0 Å². The van der Waals surface area contributed by atoms with Crippen LogP contribution in [0.3, 0.4) is 0 Å². The molecule has 0 spiro atoms. The lowest BCUT2D eigenvalue weighted by Crippen LogP contribution is -2.27. The van der Waals surface area contributed by atoms with Gasteiger partial charge in [-0.2, -0.15) is 0 Å². The summed E-state index contributed by atoms with van der Waals surface area (Å²) < 4.78 is 0. The Kier molecular flexibility index (Phi) is 5.12. The first-order chi connectivity index (χ1) is 10.0. The number of hydrogen-bond acceptors (Lipinski definition) is 2. The predicted octanol–water partition coefficient (Wildman–Crippen LogP) is 3.34. The van der Waals surface area contributed by atoms with E-state index >= 15 is 0 Å². The highest BCUT2D eigenvalue weighted by Gasteiger charge is 2.03. The second-order valence-electron chi connectivity index (χ2n) is 5.52. The average Bonchev–Trinajstić information content (AvgIpc) is 2.37. The summed E-state index contributed by atoms with van der Waals surface area (Å²) in [5.41, 5.74) is 5.58. The van der Waals surface area contributed by atoms with Crippen LogP contribution in [0.2, 0.25) is 0 Å². The molecule has 3 nitrogen and oxygen atoms in total. The highest BCUT2D eigenvalue weighted by Crippen LogP contribution is 2.13. The lowest BCUT2D eigenvalue weighted by atomic mass is 10.1. The molecule has 0 fully saturated rings. The molecule has 0 bridgehead atoms. The van der Waals surface area contributed by atoms with Crippen LogP contribution in [0.15, 0.2) is 42.5 Å². The third kappa shape index (κ3) is 5.04. The number of aryl methyl sites for hydroxylation is 3. The fourth-order valence-electron chi connectivity index (χ4n) is 2.39. The molecule has 0 atom stereocenters. The van der Waals surface area contributed by atoms with Gasteiger partial charge < -0.3 is 10.6 Å². The monoisotopic (exact) mass is 282 g/mol. The zero-order valence-electron chi connectivity index (χ0n) is 12.9. The summed E-state index contributed by atoms with van der Waals surface area (Å²) in [4.78, 5) is 11.9. The van der Waals surface area contributed by atoms with Crippen LogP contribution in [-0.4, -0.2) is 12.5 Å². The van der Waals surface area contributed by atoms with Crippen molar-refractivity contribution < 1.29 is 4.79 Å². The van der Waals surface area contributed by atoms with Gasteiger partial charge in [-0.05, 0) is 49.6 Å². The summed E-state index contributed by atoms with van der Waals surface area (Å²) in [5, 5.41) is 6.09. The van der Waals surface area contributed by atoms with E-state index < -0.39 is 0 Å². The minimum Gasteiger partial charge on any atom is -0.325 e. The molecule has 110 valence electrons. The molecule has 3 heteroatoms. The summed E-state index contributed by atoms with van der Waals surface area (Å²) in [6.07, 6.45) is 0. The first-order valence-corrected chi connectivity index (χ1v) is 7.17. The molecule has 0 saturated carbocycles. The first kappa shape index (κ1) is 15.3. The summed E-state index contributed by atoms with van der Waals surface area (Å²) in [7, 11) is 0. The van der Waals surface area contributed by atoms with E-state index in [1.807, 2.05) is 32.0 Å². The third-order valence-corrected chi connectivity index (χ3v) is 3.20. The van der Waals surface area contributed by atoms with Gasteiger partial charge in [-0.15, -0.1) is 0 Å². The van der Waals surface area contributed by atoms with Crippen LogP contribution in [0, 0.1) is 20.8 Å². The molecular weight excluding hydrogens is 260 g/mol. The molecule has 0 saturated heterocycles. The van der Waals surface area contributed by atoms with Crippen LogP contribution in [0.4, 0.5) is 5.69 Å². The van der Waals surface area contributed by atoms with E-state index in [1.165, 1.54) is 11.1 Å². The molecule has 0 aliphatic rings. The first-order valence-electron chi connectivity index (χ1n) is 7.17. The van der Waals surface area contributed by atoms with Crippen molar-refractivity contribution in [3.05, 3.63) is 64.7 Å². The Morgan fingerprint density at radius 2 is 1.67 bits per heavy atom. The predicted molar refractivity (Wildman–Crippen MR) is 87.4 cm³/mol. The van der Waals surface area contributed by atoms with Gasteiger partial charge in [-0.25, -0.2) is 0 Å². The maximum atomic E-state index is 11.9. The van der Waals surface area contributed by atoms with E-state index in [2.05, 4.69) is 41.8 Å². The van der Waals surface area contributed by atoms with Crippen LogP contribution in [0.1, 0.15) is 22.3 Å². The zero-order valence-corrected chi connectivity index (χ0v) is 12.9. The van der Waals surface area contributed by atoms with Crippen molar-refractivity contribution in [3.63, 3.8) is 0 Å². The lowest BCUT2D eigenvalue weighted by Gasteiger charge is -2.09. The molecule has 0 heterocycles. The molecule has 0 unspecified atom stereocenters. The number of carbonyl (C=O) groups is 1. The number of carbonyl (C=O) groups excluding carboxylic acids is 1. The van der Waals surface area contributed by atoms with E-state index in [1.54, 1.807) is 0 Å². The molecule has 21 heavy (non-hydrogen) atoms. The largest absolute Gasteiger partial charge is 0.325 e. The van der Waals surface area contributed by atoms with E-state index in [0.717, 1.165) is 16.8 Å². The van der Waals surface area contributed by atoms with Crippen molar-refractivity contribution in [1.82, 2.24) is 5.32 Å². The topological polar surface area (TPSA) is 41.1 Å². The van der Waals surface area contributed by atoms with Gasteiger partial charge in [0.25, 0.3) is 0 Å². The average molecular weight is 282 g/mol. The quantitative estimate of drug-likeness (QED) is 0.883. The van der Waals surface area contributed by atoms with Crippen molar-refractivity contribution in [2.24, 2.45) is 0 Å². The van der Waals surface area contributed by atoms with Crippen LogP contribution < -0.4 is 10.6 Å². The molecule has 2 N–H and O–H groups in total. The van der Waals surface area contributed by atoms with E-state index in [-0.39, 0.29) is 5.91 Å². The van der Waals surface area contributed by atoms with Crippen molar-refractivity contribution >= 4 is 11.6 Å². The molecule has 2 aromatic carbocycles. The molecule has 1 amide bonds. The lowest BCUT2D eigenvalue weighted by molar-refractivity contribution is -0.115. The number of nitrogens with one attached hydrogen (secondary N) is 2. The maximum absolute atomic E-state index is 11.9. The van der Waals surface area contributed by atoms with E-state index in [9.17, 15) is 4.79 Å². The summed E-state index contributed by atoms with van der Waals surface area (Å²) >= 11 is 0. The van der Waals surface area contributed by atoms with Crippen LogP contribution in [-0.2, 0) is 11.3 Å². The molecule has 0 aliphatic heterocycles. The number of benzene rings is 2. The Balaban J connectivity index is 1.82. The fraction of sp³-hybridized carbons (Fsp3) is 0.278. The van der Waals surface area contributed by atoms with Crippen molar-refractivity contribution in [3.8, 4) is 0 Å². The summed E-state index contributed by atoms with van der Waals surface area (Å²) in [6, 6.07) is 14.3. The van der Waals surface area contributed by atoms with Gasteiger partial charge in [0, 0.05) is 12.2 Å². The molecule has 2 aromatic rings. The van der Waals surface area contributed by atoms with Gasteiger partial charge in [0.1, 0.15) is 0 Å². The highest BCUT2D eigenvalue weighted by atomic mass is 16.1. The Hall–Kier alpha value is -2.13. The SMILES string of the molecule is Cc1cccc(CNCC(=O)Nc2cc(C)cc(C)c2)c1. The normalized spacial score (nSPS) is 10.4. The minimum atomic E-state index is -0.0207. The Bertz CT molecular complexity index is 615. The summed E-state index contributed by atoms with van der Waals surface area (Å²) in [6.45, 7) is 7.12. The Labute approximate surface area is 126 Å². The highest BCUT2D eigenvalue weighted by molar-refractivity contribution is 5.92. The van der Waals surface area contributed by atoms with Gasteiger partial charge >= 0.3 is 0 Å². The standard InChI is InChI=1S/C18H22N2O/c1-13-5-4-6-16(8-13)11-19-12-18(21)20-17-9-14(2)7-15(3)10-17/h4-10,19H,11-12H2,1-3H3,(H,20,21). The van der Waals surface area contributed by atoms with Crippen molar-refractivity contribution in [1.29, 1.82) is 0 Å². The zero-order chi connectivity index (χ0) is 15.2. The number of rotatable bonds is 5. The second kappa shape index (κ2) is 7.04. The minimum absolute atomic E-state index is 0.0207. The molecule has 0 aromatic heterocycles. The molecule has 0 aliphatic carbocycles. The van der Waals surface area contributed by atoms with Crippen molar-refractivity contribution in [2.45, 2.75) is 27.3 Å². The van der Waals surface area contributed by atoms with Gasteiger partial charge in [-0.1, -0.05) is 35.9 Å². The van der Waals surface area contributed by atoms with Gasteiger partial charge in [-0.3, -0.25) is 4.79 Å².